The largest absolute Gasteiger partial charge is 0.493 e. The Morgan fingerprint density at radius 2 is 1.52 bits per heavy atom. The molecule has 1 aliphatic rings. The highest BCUT2D eigenvalue weighted by molar-refractivity contribution is 5.86. The van der Waals surface area contributed by atoms with E-state index in [4.69, 9.17) is 9.47 Å². The van der Waals surface area contributed by atoms with Crippen LogP contribution in [0.1, 0.15) is 82.4 Å². The van der Waals surface area contributed by atoms with Crippen molar-refractivity contribution in [2.24, 2.45) is 11.3 Å². The number of esters is 1. The van der Waals surface area contributed by atoms with Gasteiger partial charge in [-0.15, -0.1) is 0 Å². The number of hydrogen-bond donors (Lipinski definition) is 2. The van der Waals surface area contributed by atoms with E-state index < -0.39 is 11.4 Å². The van der Waals surface area contributed by atoms with Crippen molar-refractivity contribution in [1.82, 2.24) is 0 Å². The Morgan fingerprint density at radius 1 is 0.886 bits per heavy atom. The van der Waals surface area contributed by atoms with Gasteiger partial charge < -0.3 is 19.7 Å². The fourth-order valence-corrected chi connectivity index (χ4v) is 5.96. The zero-order valence-corrected chi connectivity index (χ0v) is 27.0. The van der Waals surface area contributed by atoms with Gasteiger partial charge in [-0.05, 0) is 95.5 Å². The van der Waals surface area contributed by atoms with Crippen molar-refractivity contribution in [2.45, 2.75) is 78.6 Å². The summed E-state index contributed by atoms with van der Waals surface area (Å²) in [4.78, 5) is 12.0. The third kappa shape index (κ3) is 8.61. The van der Waals surface area contributed by atoms with Crippen LogP contribution < -0.4 is 4.74 Å². The van der Waals surface area contributed by atoms with Crippen LogP contribution in [0.3, 0.4) is 0 Å². The minimum absolute atomic E-state index is 0.116. The summed E-state index contributed by atoms with van der Waals surface area (Å²) < 4.78 is 11.5. The van der Waals surface area contributed by atoms with E-state index in [0.29, 0.717) is 36.7 Å². The molecule has 5 nitrogen and oxygen atoms in total. The first-order valence-electron chi connectivity index (χ1n) is 16.2. The second kappa shape index (κ2) is 15.5. The summed E-state index contributed by atoms with van der Waals surface area (Å²) in [5.74, 6) is 1.85. The molecule has 0 heterocycles. The van der Waals surface area contributed by atoms with Crippen LogP contribution >= 0.6 is 0 Å². The maximum Gasteiger partial charge on any atom is 0.333 e. The summed E-state index contributed by atoms with van der Waals surface area (Å²) in [7, 11) is 0. The molecule has 236 valence electrons. The molecule has 0 amide bonds. The van der Waals surface area contributed by atoms with Crippen molar-refractivity contribution in [2.75, 3.05) is 26.4 Å². The third-order valence-corrected chi connectivity index (χ3v) is 9.27. The van der Waals surface area contributed by atoms with Gasteiger partial charge >= 0.3 is 5.97 Å². The molecule has 3 aromatic carbocycles. The topological polar surface area (TPSA) is 76.0 Å². The Balaban J connectivity index is 1.55. The van der Waals surface area contributed by atoms with Gasteiger partial charge in [0, 0.05) is 17.4 Å². The Labute approximate surface area is 263 Å². The molecule has 0 radical (unpaired) electrons. The molecule has 3 aromatic rings. The molecule has 0 spiro atoms. The third-order valence-electron chi connectivity index (χ3n) is 9.27. The molecule has 0 unspecified atom stereocenters. The van der Waals surface area contributed by atoms with Gasteiger partial charge in [0.05, 0.1) is 26.4 Å². The number of ether oxygens (including phenoxy) is 2. The van der Waals surface area contributed by atoms with Crippen molar-refractivity contribution >= 4 is 5.97 Å². The summed E-state index contributed by atoms with van der Waals surface area (Å²) in [6, 6.07) is 22.1. The van der Waals surface area contributed by atoms with Crippen LogP contribution in [0.5, 0.6) is 5.75 Å². The summed E-state index contributed by atoms with van der Waals surface area (Å²) in [6.45, 7) is 12.0. The summed E-state index contributed by atoms with van der Waals surface area (Å²) in [6.07, 6.45) is 7.14. The van der Waals surface area contributed by atoms with Crippen molar-refractivity contribution < 1.29 is 24.5 Å². The predicted molar refractivity (Wildman–Crippen MR) is 179 cm³/mol. The van der Waals surface area contributed by atoms with Crippen LogP contribution in [0, 0.1) is 11.3 Å². The first kappa shape index (κ1) is 33.5. The SMILES string of the molecule is C=C(C)C(=O)OCCc1cc(-c2ccc(-c3ccc(C4CCC(C)CC4)cc3)cc2CC)ccc1OCCC(C)(CO)CO. The highest BCUT2D eigenvalue weighted by Gasteiger charge is 2.23. The predicted octanol–water partition coefficient (Wildman–Crippen LogP) is 8.30. The number of aliphatic hydroxyl groups is 2. The fourth-order valence-electron chi connectivity index (χ4n) is 5.96. The molecular weight excluding hydrogens is 548 g/mol. The lowest BCUT2D eigenvalue weighted by molar-refractivity contribution is -0.138. The van der Waals surface area contributed by atoms with Gasteiger partial charge in [-0.3, -0.25) is 0 Å². The second-order valence-electron chi connectivity index (χ2n) is 13.0. The van der Waals surface area contributed by atoms with Crippen LogP contribution in [-0.4, -0.2) is 42.6 Å². The zero-order chi connectivity index (χ0) is 31.7. The van der Waals surface area contributed by atoms with Gasteiger partial charge in [-0.2, -0.15) is 0 Å². The number of aliphatic hydroxyl groups excluding tert-OH is 2. The smallest absolute Gasteiger partial charge is 0.333 e. The van der Waals surface area contributed by atoms with E-state index in [2.05, 4.69) is 75.0 Å². The molecule has 4 rings (SSSR count). The number of rotatable bonds is 14. The number of hydrogen-bond acceptors (Lipinski definition) is 5. The molecule has 0 aliphatic heterocycles. The van der Waals surface area contributed by atoms with Crippen molar-refractivity contribution in [3.8, 4) is 28.0 Å². The molecule has 2 N–H and O–H groups in total. The molecular formula is C39H50O5. The van der Waals surface area contributed by atoms with E-state index in [-0.39, 0.29) is 19.8 Å². The Kier molecular flexibility index (Phi) is 11.8. The maximum absolute atomic E-state index is 12.0. The molecule has 0 saturated heterocycles. The van der Waals surface area contributed by atoms with Gasteiger partial charge in [0.15, 0.2) is 0 Å². The summed E-state index contributed by atoms with van der Waals surface area (Å²) in [5, 5.41) is 19.3. The van der Waals surface area contributed by atoms with Crippen molar-refractivity contribution in [3.05, 3.63) is 89.5 Å². The Morgan fingerprint density at radius 3 is 2.16 bits per heavy atom. The van der Waals surface area contributed by atoms with Gasteiger partial charge in [0.25, 0.3) is 0 Å². The highest BCUT2D eigenvalue weighted by atomic mass is 16.5. The van der Waals surface area contributed by atoms with Gasteiger partial charge in [0.2, 0.25) is 0 Å². The standard InChI is InChI=1S/C39H50O5/c1-6-29-23-33(32-13-11-31(12-14-32)30-9-7-28(4)8-10-30)15-17-36(29)34-16-18-37(43-22-20-39(5,25-40)26-41)35(24-34)19-21-44-38(42)27(2)3/h11-18,23-24,28,30,40-41H,2,6-10,19-22,25-26H2,1,3-5H3. The normalized spacial score (nSPS) is 16.9. The number of carbonyl (C=O) groups excluding carboxylic acids is 1. The molecule has 5 heteroatoms. The quantitative estimate of drug-likeness (QED) is 0.144. The van der Waals surface area contributed by atoms with Crippen LogP contribution in [0.4, 0.5) is 0 Å². The number of benzene rings is 3. The van der Waals surface area contributed by atoms with E-state index in [1.165, 1.54) is 53.5 Å². The van der Waals surface area contributed by atoms with Crippen LogP contribution in [-0.2, 0) is 22.4 Å². The molecule has 1 fully saturated rings. The minimum Gasteiger partial charge on any atom is -0.493 e. The van der Waals surface area contributed by atoms with Crippen LogP contribution in [0.25, 0.3) is 22.3 Å². The van der Waals surface area contributed by atoms with Crippen molar-refractivity contribution in [3.63, 3.8) is 0 Å². The van der Waals surface area contributed by atoms with Crippen LogP contribution in [0.2, 0.25) is 0 Å². The lowest BCUT2D eigenvalue weighted by atomic mass is 9.79. The van der Waals surface area contributed by atoms with E-state index in [9.17, 15) is 15.0 Å². The first-order valence-corrected chi connectivity index (χ1v) is 16.2. The number of aryl methyl sites for hydroxylation is 1. The summed E-state index contributed by atoms with van der Waals surface area (Å²) in [5.41, 5.74) is 8.14. The van der Waals surface area contributed by atoms with Gasteiger partial charge in [0.1, 0.15) is 5.75 Å². The maximum atomic E-state index is 12.0. The minimum atomic E-state index is -0.607. The van der Waals surface area contributed by atoms with E-state index in [1.807, 2.05) is 13.0 Å². The zero-order valence-electron chi connectivity index (χ0n) is 27.0. The lowest BCUT2D eigenvalue weighted by Crippen LogP contribution is -2.28. The van der Waals surface area contributed by atoms with Gasteiger partial charge in [-0.25, -0.2) is 4.79 Å². The second-order valence-corrected chi connectivity index (χ2v) is 13.0. The molecule has 0 bridgehead atoms. The first-order chi connectivity index (χ1) is 21.2. The molecule has 1 saturated carbocycles. The molecule has 0 aromatic heterocycles. The summed E-state index contributed by atoms with van der Waals surface area (Å²) >= 11 is 0. The fraction of sp³-hybridized carbons (Fsp3) is 0.462. The van der Waals surface area contributed by atoms with E-state index in [1.54, 1.807) is 6.92 Å². The number of carbonyl (C=O) groups is 1. The van der Waals surface area contributed by atoms with E-state index in [0.717, 1.165) is 23.5 Å². The lowest BCUT2D eigenvalue weighted by Gasteiger charge is -2.26. The molecule has 1 aliphatic carbocycles. The monoisotopic (exact) mass is 598 g/mol. The highest BCUT2D eigenvalue weighted by Crippen LogP contribution is 2.37. The average molecular weight is 599 g/mol. The average Bonchev–Trinajstić information content (AvgIpc) is 3.05. The van der Waals surface area contributed by atoms with Crippen LogP contribution in [0.15, 0.2) is 72.8 Å². The van der Waals surface area contributed by atoms with E-state index >= 15 is 0 Å². The molecule has 0 atom stereocenters. The van der Waals surface area contributed by atoms with Crippen molar-refractivity contribution in [1.29, 1.82) is 0 Å². The molecule has 44 heavy (non-hydrogen) atoms. The van der Waals surface area contributed by atoms with Gasteiger partial charge in [-0.1, -0.05) is 88.7 Å². The Bertz CT molecular complexity index is 1390. The Hall–Kier alpha value is -3.41.